The van der Waals surface area contributed by atoms with Gasteiger partial charge in [-0.05, 0) is 60.2 Å². The molecule has 2 N–H and O–H groups in total. The van der Waals surface area contributed by atoms with Gasteiger partial charge in [-0.15, -0.1) is 11.8 Å². The van der Waals surface area contributed by atoms with E-state index in [2.05, 4.69) is 10.0 Å². The fourth-order valence-corrected chi connectivity index (χ4v) is 5.68. The molecule has 0 aliphatic carbocycles. The molecule has 0 radical (unpaired) electrons. The van der Waals surface area contributed by atoms with E-state index in [9.17, 15) is 13.2 Å². The SMILES string of the molecule is O=C(Nc1cc(Cl)ccc1Cl)C(Sc1ccc(NS(=O)(=O)c2ccccc2)cc1)c1ccccc1. The van der Waals surface area contributed by atoms with Gasteiger partial charge >= 0.3 is 0 Å². The molecule has 0 bridgehead atoms. The fraction of sp³-hybridized carbons (Fsp3) is 0.0385. The zero-order chi connectivity index (χ0) is 24.8. The Morgan fingerprint density at radius 3 is 2.09 bits per heavy atom. The van der Waals surface area contributed by atoms with Crippen molar-refractivity contribution in [1.29, 1.82) is 0 Å². The first-order chi connectivity index (χ1) is 16.8. The number of thioether (sulfide) groups is 1. The van der Waals surface area contributed by atoms with Crippen molar-refractivity contribution in [3.8, 4) is 0 Å². The van der Waals surface area contributed by atoms with Crippen molar-refractivity contribution in [1.82, 2.24) is 0 Å². The molecular weight excluding hydrogens is 523 g/mol. The summed E-state index contributed by atoms with van der Waals surface area (Å²) in [6, 6.07) is 29.2. The molecule has 0 aromatic heterocycles. The van der Waals surface area contributed by atoms with Gasteiger partial charge in [0.2, 0.25) is 5.91 Å². The summed E-state index contributed by atoms with van der Waals surface area (Å²) in [6.45, 7) is 0. The molecule has 178 valence electrons. The molecule has 4 rings (SSSR count). The van der Waals surface area contributed by atoms with Crippen molar-refractivity contribution in [3.63, 3.8) is 0 Å². The number of sulfonamides is 1. The number of rotatable bonds is 8. The highest BCUT2D eigenvalue weighted by Gasteiger charge is 2.23. The quantitative estimate of drug-likeness (QED) is 0.229. The van der Waals surface area contributed by atoms with Gasteiger partial charge in [0.1, 0.15) is 5.25 Å². The Balaban J connectivity index is 1.53. The maximum absolute atomic E-state index is 13.3. The van der Waals surface area contributed by atoms with Crippen molar-refractivity contribution >= 4 is 62.3 Å². The average Bonchev–Trinajstić information content (AvgIpc) is 2.86. The van der Waals surface area contributed by atoms with E-state index in [0.717, 1.165) is 10.5 Å². The number of carbonyl (C=O) groups is 1. The Morgan fingerprint density at radius 2 is 1.43 bits per heavy atom. The maximum atomic E-state index is 13.3. The van der Waals surface area contributed by atoms with Gasteiger partial charge in [-0.3, -0.25) is 9.52 Å². The first kappa shape index (κ1) is 25.1. The summed E-state index contributed by atoms with van der Waals surface area (Å²) in [5.74, 6) is -0.265. The Morgan fingerprint density at radius 1 is 0.800 bits per heavy atom. The lowest BCUT2D eigenvalue weighted by atomic mass is 10.1. The second-order valence-electron chi connectivity index (χ2n) is 7.46. The predicted octanol–water partition coefficient (Wildman–Crippen LogP) is 7.27. The number of amides is 1. The molecule has 5 nitrogen and oxygen atoms in total. The average molecular weight is 543 g/mol. The standard InChI is InChI=1S/C26H20Cl2N2O3S2/c27-19-11-16-23(28)24(17-19)29-26(31)25(18-7-3-1-4-8-18)34-21-14-12-20(13-15-21)30-35(32,33)22-9-5-2-6-10-22/h1-17,25,30H,(H,29,31). The summed E-state index contributed by atoms with van der Waals surface area (Å²) in [7, 11) is -3.69. The summed E-state index contributed by atoms with van der Waals surface area (Å²) < 4.78 is 27.7. The van der Waals surface area contributed by atoms with Gasteiger partial charge in [-0.25, -0.2) is 8.42 Å². The van der Waals surface area contributed by atoms with Crippen molar-refractivity contribution < 1.29 is 13.2 Å². The van der Waals surface area contributed by atoms with Gasteiger partial charge in [-0.1, -0.05) is 71.7 Å². The second kappa shape index (κ2) is 11.2. The van der Waals surface area contributed by atoms with E-state index >= 15 is 0 Å². The molecule has 1 amide bonds. The van der Waals surface area contributed by atoms with Gasteiger partial charge in [0.15, 0.2) is 0 Å². The fourth-order valence-electron chi connectivity index (χ4n) is 3.24. The van der Waals surface area contributed by atoms with Crippen LogP contribution in [0.1, 0.15) is 10.8 Å². The van der Waals surface area contributed by atoms with Crippen LogP contribution in [0, 0.1) is 0 Å². The molecule has 35 heavy (non-hydrogen) atoms. The van der Waals surface area contributed by atoms with E-state index in [1.54, 1.807) is 60.7 Å². The van der Waals surface area contributed by atoms with Gasteiger partial charge in [0.05, 0.1) is 15.6 Å². The van der Waals surface area contributed by atoms with Gasteiger partial charge < -0.3 is 5.32 Å². The third kappa shape index (κ3) is 6.58. The highest BCUT2D eigenvalue weighted by molar-refractivity contribution is 8.00. The van der Waals surface area contributed by atoms with Gasteiger partial charge in [0, 0.05) is 15.6 Å². The Bertz CT molecular complexity index is 1420. The van der Waals surface area contributed by atoms with Crippen LogP contribution in [-0.2, 0) is 14.8 Å². The lowest BCUT2D eigenvalue weighted by molar-refractivity contribution is -0.115. The van der Waals surface area contributed by atoms with E-state index in [1.807, 2.05) is 30.3 Å². The molecule has 1 atom stereocenters. The molecule has 9 heteroatoms. The molecule has 0 heterocycles. The van der Waals surface area contributed by atoms with Crippen LogP contribution in [0.3, 0.4) is 0 Å². The molecule has 0 spiro atoms. The molecule has 0 fully saturated rings. The molecule has 0 aliphatic heterocycles. The topological polar surface area (TPSA) is 75.3 Å². The minimum absolute atomic E-state index is 0.180. The van der Waals surface area contributed by atoms with Crippen LogP contribution in [-0.4, -0.2) is 14.3 Å². The van der Waals surface area contributed by atoms with Gasteiger partial charge in [0.25, 0.3) is 10.0 Å². The second-order valence-corrected chi connectivity index (χ2v) is 11.2. The first-order valence-electron chi connectivity index (χ1n) is 10.5. The van der Waals surface area contributed by atoms with E-state index < -0.39 is 15.3 Å². The number of hydrogen-bond donors (Lipinski definition) is 2. The van der Waals surface area contributed by atoms with Crippen molar-refractivity contribution in [3.05, 3.63) is 119 Å². The van der Waals surface area contributed by atoms with Crippen LogP contribution in [0.5, 0.6) is 0 Å². The molecule has 0 aliphatic rings. The normalized spacial score (nSPS) is 12.1. The smallest absolute Gasteiger partial charge is 0.261 e. The number of hydrogen-bond acceptors (Lipinski definition) is 4. The van der Waals surface area contributed by atoms with Crippen LogP contribution in [0.4, 0.5) is 11.4 Å². The molecule has 1 unspecified atom stereocenters. The largest absolute Gasteiger partial charge is 0.323 e. The predicted molar refractivity (Wildman–Crippen MR) is 144 cm³/mol. The molecule has 0 saturated heterocycles. The first-order valence-corrected chi connectivity index (χ1v) is 13.6. The zero-order valence-corrected chi connectivity index (χ0v) is 21.3. The van der Waals surface area contributed by atoms with E-state index in [4.69, 9.17) is 23.2 Å². The van der Waals surface area contributed by atoms with E-state index in [1.165, 1.54) is 23.9 Å². The highest BCUT2D eigenvalue weighted by Crippen LogP contribution is 2.37. The Labute approximate surface area is 218 Å². The Hall–Kier alpha value is -2.97. The van der Waals surface area contributed by atoms with E-state index in [-0.39, 0.29) is 10.8 Å². The number of carbonyl (C=O) groups excluding carboxylic acids is 1. The van der Waals surface area contributed by atoms with Crippen LogP contribution in [0.25, 0.3) is 0 Å². The molecule has 4 aromatic carbocycles. The summed E-state index contributed by atoms with van der Waals surface area (Å²) in [5, 5.41) is 3.12. The third-order valence-electron chi connectivity index (χ3n) is 4.94. The zero-order valence-electron chi connectivity index (χ0n) is 18.2. The number of anilines is 2. The summed E-state index contributed by atoms with van der Waals surface area (Å²) in [5.41, 5.74) is 1.66. The van der Waals surface area contributed by atoms with Crippen molar-refractivity contribution in [2.75, 3.05) is 10.0 Å². The monoisotopic (exact) mass is 542 g/mol. The van der Waals surface area contributed by atoms with E-state index in [0.29, 0.717) is 21.4 Å². The maximum Gasteiger partial charge on any atom is 0.261 e. The number of benzene rings is 4. The van der Waals surface area contributed by atoms with Crippen LogP contribution >= 0.6 is 35.0 Å². The third-order valence-corrected chi connectivity index (χ3v) is 8.17. The number of nitrogens with one attached hydrogen (secondary N) is 2. The summed E-state index contributed by atoms with van der Waals surface area (Å²) in [6.07, 6.45) is 0. The minimum Gasteiger partial charge on any atom is -0.323 e. The van der Waals surface area contributed by atoms with Crippen molar-refractivity contribution in [2.24, 2.45) is 0 Å². The summed E-state index contributed by atoms with van der Waals surface area (Å²) >= 11 is 13.6. The molecular formula is C26H20Cl2N2O3S2. The molecule has 0 saturated carbocycles. The van der Waals surface area contributed by atoms with Crippen LogP contribution in [0.15, 0.2) is 113 Å². The highest BCUT2D eigenvalue weighted by atomic mass is 35.5. The lowest BCUT2D eigenvalue weighted by Crippen LogP contribution is -2.19. The van der Waals surface area contributed by atoms with Crippen LogP contribution in [0.2, 0.25) is 10.0 Å². The van der Waals surface area contributed by atoms with Crippen LogP contribution < -0.4 is 10.0 Å². The molecule has 4 aromatic rings. The minimum atomic E-state index is -3.69. The Kier molecular flexibility index (Phi) is 8.03. The van der Waals surface area contributed by atoms with Gasteiger partial charge in [-0.2, -0.15) is 0 Å². The van der Waals surface area contributed by atoms with Crippen molar-refractivity contribution in [2.45, 2.75) is 15.0 Å². The lowest BCUT2D eigenvalue weighted by Gasteiger charge is -2.18. The number of halogens is 2. The summed E-state index contributed by atoms with van der Waals surface area (Å²) in [4.78, 5) is 14.2.